The Morgan fingerprint density at radius 1 is 1.53 bits per heavy atom. The van der Waals surface area contributed by atoms with Gasteiger partial charge in [0.05, 0.1) is 11.1 Å². The van der Waals surface area contributed by atoms with Crippen molar-refractivity contribution in [2.75, 3.05) is 0 Å². The summed E-state index contributed by atoms with van der Waals surface area (Å²) in [6, 6.07) is 1.41. The first kappa shape index (κ1) is 11.7. The van der Waals surface area contributed by atoms with Gasteiger partial charge >= 0.3 is 0 Å². The molecule has 17 heavy (non-hydrogen) atoms. The van der Waals surface area contributed by atoms with E-state index < -0.39 is 15.9 Å². The second kappa shape index (κ2) is 4.26. The lowest BCUT2D eigenvalue weighted by atomic mass is 10.5. The van der Waals surface area contributed by atoms with Gasteiger partial charge in [-0.05, 0) is 11.4 Å². The maximum Gasteiger partial charge on any atom is 0.287 e. The van der Waals surface area contributed by atoms with Crippen molar-refractivity contribution < 1.29 is 13.2 Å². The van der Waals surface area contributed by atoms with E-state index in [2.05, 4.69) is 10.3 Å². The van der Waals surface area contributed by atoms with E-state index in [1.807, 2.05) is 4.72 Å². The molecule has 9 heteroatoms. The molecule has 1 N–H and O–H groups in total. The minimum atomic E-state index is -3.82. The van der Waals surface area contributed by atoms with Crippen LogP contribution in [0.1, 0.15) is 10.5 Å². The van der Waals surface area contributed by atoms with E-state index in [-0.39, 0.29) is 10.6 Å². The van der Waals surface area contributed by atoms with Crippen LogP contribution in [-0.4, -0.2) is 29.3 Å². The normalized spacial score (nSPS) is 11.4. The van der Waals surface area contributed by atoms with Crippen LogP contribution in [0.2, 0.25) is 0 Å². The molecule has 2 aromatic rings. The average molecular weight is 272 g/mol. The van der Waals surface area contributed by atoms with Crippen LogP contribution in [0.25, 0.3) is 0 Å². The summed E-state index contributed by atoms with van der Waals surface area (Å²) in [5.41, 5.74) is -0.0497. The first-order valence-corrected chi connectivity index (χ1v) is 6.87. The van der Waals surface area contributed by atoms with Crippen molar-refractivity contribution in [1.29, 1.82) is 0 Å². The monoisotopic (exact) mass is 272 g/mol. The van der Waals surface area contributed by atoms with Crippen molar-refractivity contribution in [3.8, 4) is 0 Å². The lowest BCUT2D eigenvalue weighted by Gasteiger charge is -2.02. The molecule has 1 amide bonds. The Morgan fingerprint density at radius 3 is 2.82 bits per heavy atom. The predicted molar refractivity (Wildman–Crippen MR) is 60.0 cm³/mol. The molecule has 0 saturated heterocycles. The molecule has 0 unspecified atom stereocenters. The second-order valence-corrected chi connectivity index (χ2v) is 5.63. The number of nitrogens with zero attached hydrogens (tertiary/aromatic N) is 3. The van der Waals surface area contributed by atoms with E-state index in [4.69, 9.17) is 0 Å². The number of aromatic nitrogens is 3. The van der Waals surface area contributed by atoms with Crippen LogP contribution in [0.5, 0.6) is 0 Å². The van der Waals surface area contributed by atoms with Gasteiger partial charge in [0, 0.05) is 12.4 Å². The summed E-state index contributed by atoms with van der Waals surface area (Å²) in [5.74, 6) is -0.802. The number of amides is 1. The van der Waals surface area contributed by atoms with Crippen LogP contribution in [-0.2, 0) is 17.1 Å². The van der Waals surface area contributed by atoms with E-state index in [1.54, 1.807) is 12.4 Å². The highest BCUT2D eigenvalue weighted by Gasteiger charge is 2.20. The molecule has 0 radical (unpaired) electrons. The molecular weight excluding hydrogens is 264 g/mol. The quantitative estimate of drug-likeness (QED) is 0.848. The Morgan fingerprint density at radius 2 is 2.29 bits per heavy atom. The number of hydrogen-bond acceptors (Lipinski definition) is 6. The third-order valence-electron chi connectivity index (χ3n) is 1.87. The van der Waals surface area contributed by atoms with Crippen LogP contribution in [0.4, 0.5) is 0 Å². The Bertz CT molecular complexity index is 630. The van der Waals surface area contributed by atoms with Crippen LogP contribution in [0.15, 0.2) is 27.9 Å². The summed E-state index contributed by atoms with van der Waals surface area (Å²) in [4.78, 5) is 11.6. The Hall–Kier alpha value is -1.74. The molecule has 2 aromatic heterocycles. The Kier molecular flexibility index (Phi) is 2.94. The van der Waals surface area contributed by atoms with Gasteiger partial charge in [0.1, 0.15) is 0 Å². The van der Waals surface area contributed by atoms with Crippen LogP contribution in [0.3, 0.4) is 0 Å². The maximum atomic E-state index is 11.7. The van der Waals surface area contributed by atoms with E-state index in [0.717, 1.165) is 0 Å². The van der Waals surface area contributed by atoms with Crippen molar-refractivity contribution in [2.45, 2.75) is 4.90 Å². The minimum Gasteiger partial charge on any atom is -0.266 e. The van der Waals surface area contributed by atoms with Crippen LogP contribution < -0.4 is 4.72 Å². The van der Waals surface area contributed by atoms with Gasteiger partial charge in [-0.2, -0.15) is 11.3 Å². The third kappa shape index (κ3) is 2.50. The molecule has 0 fully saturated rings. The minimum absolute atomic E-state index is 0.0497. The molecule has 0 aliphatic heterocycles. The molecular formula is C8H8N4O3S2. The van der Waals surface area contributed by atoms with E-state index in [0.29, 0.717) is 0 Å². The van der Waals surface area contributed by atoms with E-state index >= 15 is 0 Å². The fourth-order valence-electron chi connectivity index (χ4n) is 1.09. The predicted octanol–water partition coefficient (Wildman–Crippen LogP) is -0.00470. The fourth-order valence-corrected chi connectivity index (χ4v) is 3.08. The van der Waals surface area contributed by atoms with Gasteiger partial charge in [0.15, 0.2) is 5.69 Å². The number of carbonyl (C=O) groups excluding carboxylic acids is 1. The topological polar surface area (TPSA) is 94.0 Å². The zero-order valence-electron chi connectivity index (χ0n) is 8.69. The SMILES string of the molecule is Cn1cc(C(=O)NS(=O)(=O)c2ccsc2)nn1. The number of nitrogens with one attached hydrogen (secondary N) is 1. The number of sulfonamides is 1. The molecule has 0 saturated carbocycles. The molecule has 0 aromatic carbocycles. The molecule has 0 aliphatic carbocycles. The molecule has 2 rings (SSSR count). The van der Waals surface area contributed by atoms with Crippen molar-refractivity contribution >= 4 is 27.3 Å². The van der Waals surface area contributed by atoms with Crippen molar-refractivity contribution in [2.24, 2.45) is 7.05 Å². The summed E-state index contributed by atoms with van der Waals surface area (Å²) in [5, 5.41) is 10.1. The molecule has 2 heterocycles. The van der Waals surface area contributed by atoms with Gasteiger partial charge < -0.3 is 0 Å². The fraction of sp³-hybridized carbons (Fsp3) is 0.125. The van der Waals surface area contributed by atoms with Gasteiger partial charge in [-0.1, -0.05) is 5.21 Å². The third-order valence-corrected chi connectivity index (χ3v) is 4.03. The summed E-state index contributed by atoms with van der Waals surface area (Å²) >= 11 is 1.23. The molecule has 0 spiro atoms. The molecule has 0 atom stereocenters. The highest BCUT2D eigenvalue weighted by molar-refractivity contribution is 7.90. The molecule has 0 aliphatic rings. The van der Waals surface area contributed by atoms with Crippen LogP contribution >= 0.6 is 11.3 Å². The van der Waals surface area contributed by atoms with Crippen molar-refractivity contribution in [3.63, 3.8) is 0 Å². The molecule has 0 bridgehead atoms. The molecule has 90 valence electrons. The smallest absolute Gasteiger partial charge is 0.266 e. The van der Waals surface area contributed by atoms with E-state index in [9.17, 15) is 13.2 Å². The van der Waals surface area contributed by atoms with Gasteiger partial charge in [0.2, 0.25) is 0 Å². The zero-order valence-corrected chi connectivity index (χ0v) is 10.3. The summed E-state index contributed by atoms with van der Waals surface area (Å²) < 4.78 is 26.6. The lowest BCUT2D eigenvalue weighted by Crippen LogP contribution is -2.30. The van der Waals surface area contributed by atoms with Gasteiger partial charge in [-0.3, -0.25) is 9.48 Å². The number of thiophene rings is 1. The Balaban J connectivity index is 2.20. The van der Waals surface area contributed by atoms with Gasteiger partial charge in [0.25, 0.3) is 15.9 Å². The summed E-state index contributed by atoms with van der Waals surface area (Å²) in [6.07, 6.45) is 1.33. The first-order chi connectivity index (χ1) is 7.99. The number of aryl methyl sites for hydroxylation is 1. The number of carbonyl (C=O) groups is 1. The molecule has 7 nitrogen and oxygen atoms in total. The van der Waals surface area contributed by atoms with Crippen molar-refractivity contribution in [3.05, 3.63) is 28.7 Å². The largest absolute Gasteiger partial charge is 0.287 e. The van der Waals surface area contributed by atoms with Crippen molar-refractivity contribution in [1.82, 2.24) is 19.7 Å². The number of hydrogen-bond donors (Lipinski definition) is 1. The van der Waals surface area contributed by atoms with Crippen LogP contribution in [0, 0.1) is 0 Å². The van der Waals surface area contributed by atoms with Gasteiger partial charge in [-0.15, -0.1) is 5.10 Å². The maximum absolute atomic E-state index is 11.7. The van der Waals surface area contributed by atoms with Gasteiger partial charge in [-0.25, -0.2) is 13.1 Å². The van der Waals surface area contributed by atoms with E-state index in [1.165, 1.54) is 33.7 Å². The highest BCUT2D eigenvalue weighted by atomic mass is 32.2. The highest BCUT2D eigenvalue weighted by Crippen LogP contribution is 2.12. The first-order valence-electron chi connectivity index (χ1n) is 4.45. The lowest BCUT2D eigenvalue weighted by molar-refractivity contribution is 0.0976. The average Bonchev–Trinajstić information content (AvgIpc) is 2.86. The zero-order chi connectivity index (χ0) is 12.5. The number of rotatable bonds is 3. The Labute approximate surface area is 101 Å². The summed E-state index contributed by atoms with van der Waals surface area (Å²) in [6.45, 7) is 0. The summed E-state index contributed by atoms with van der Waals surface area (Å²) in [7, 11) is -2.24. The standard InChI is InChI=1S/C8H8N4O3S2/c1-12-4-7(9-11-12)8(13)10-17(14,15)6-2-3-16-5-6/h2-5H,1H3,(H,10,13). The second-order valence-electron chi connectivity index (χ2n) is 3.17.